The molecular weight excluding hydrogens is 392 g/mol. The van der Waals surface area contributed by atoms with Crippen molar-refractivity contribution in [3.05, 3.63) is 48.5 Å². The predicted octanol–water partition coefficient (Wildman–Crippen LogP) is 2.40. The Labute approximate surface area is 170 Å². The van der Waals surface area contributed by atoms with Crippen LogP contribution in [0.15, 0.2) is 48.5 Å². The van der Waals surface area contributed by atoms with Gasteiger partial charge in [0.1, 0.15) is 0 Å². The normalized spacial score (nSPS) is 17.9. The molecule has 1 N–H and O–H groups in total. The highest BCUT2D eigenvalue weighted by Gasteiger charge is 2.27. The van der Waals surface area contributed by atoms with Crippen LogP contribution in [-0.2, 0) is 10.0 Å². The molecule has 0 aliphatic carbocycles. The molecule has 0 unspecified atom stereocenters. The van der Waals surface area contributed by atoms with Gasteiger partial charge in [-0.1, -0.05) is 12.1 Å². The van der Waals surface area contributed by atoms with Gasteiger partial charge in [-0.2, -0.15) is 4.31 Å². The molecule has 2 heterocycles. The van der Waals surface area contributed by atoms with E-state index in [1.165, 1.54) is 15.5 Å². The van der Waals surface area contributed by atoms with E-state index in [9.17, 15) is 18.3 Å². The molecule has 2 aliphatic heterocycles. The number of para-hydroxylation sites is 2. The van der Waals surface area contributed by atoms with Gasteiger partial charge < -0.3 is 14.9 Å². The SMILES string of the molecule is CS(=O)(=O)N1CCN(c2ccc(N3CCN(C(=O)O)c4ccccc43)cc2)CC1. The smallest absolute Gasteiger partial charge is 0.411 e. The van der Waals surface area contributed by atoms with Crippen LogP contribution in [0.3, 0.4) is 0 Å². The molecule has 1 fully saturated rings. The summed E-state index contributed by atoms with van der Waals surface area (Å²) in [5, 5.41) is 9.45. The molecule has 9 heteroatoms. The van der Waals surface area contributed by atoms with Crippen molar-refractivity contribution >= 4 is 38.9 Å². The fourth-order valence-corrected chi connectivity index (χ4v) is 4.78. The topological polar surface area (TPSA) is 84.4 Å². The summed E-state index contributed by atoms with van der Waals surface area (Å²) in [6, 6.07) is 15.7. The summed E-state index contributed by atoms with van der Waals surface area (Å²) in [7, 11) is -3.14. The Hall–Kier alpha value is -2.78. The molecule has 0 bridgehead atoms. The van der Waals surface area contributed by atoms with Crippen molar-refractivity contribution in [3.8, 4) is 0 Å². The Morgan fingerprint density at radius 3 is 2.00 bits per heavy atom. The highest BCUT2D eigenvalue weighted by atomic mass is 32.2. The maximum Gasteiger partial charge on any atom is 0.411 e. The lowest BCUT2D eigenvalue weighted by Gasteiger charge is -2.37. The van der Waals surface area contributed by atoms with Crippen LogP contribution in [0.5, 0.6) is 0 Å². The molecule has 0 radical (unpaired) electrons. The zero-order chi connectivity index (χ0) is 20.6. The second-order valence-electron chi connectivity index (χ2n) is 7.24. The first-order valence-electron chi connectivity index (χ1n) is 9.52. The van der Waals surface area contributed by atoms with Crippen LogP contribution in [0, 0.1) is 0 Å². The number of carboxylic acid groups (broad SMARTS) is 1. The van der Waals surface area contributed by atoms with Crippen LogP contribution in [0.25, 0.3) is 0 Å². The third kappa shape index (κ3) is 3.88. The minimum absolute atomic E-state index is 0.404. The van der Waals surface area contributed by atoms with Crippen LogP contribution in [-0.4, -0.2) is 69.4 Å². The quantitative estimate of drug-likeness (QED) is 0.827. The number of hydrogen-bond acceptors (Lipinski definition) is 5. The van der Waals surface area contributed by atoms with Crippen LogP contribution in [0.4, 0.5) is 27.5 Å². The maximum absolute atomic E-state index is 11.7. The number of carbonyl (C=O) groups is 1. The van der Waals surface area contributed by atoms with Gasteiger partial charge in [0, 0.05) is 50.6 Å². The Bertz CT molecular complexity index is 1000. The average Bonchev–Trinajstić information content (AvgIpc) is 2.72. The monoisotopic (exact) mass is 416 g/mol. The van der Waals surface area contributed by atoms with Crippen molar-refractivity contribution in [1.82, 2.24) is 4.31 Å². The Kier molecular flexibility index (Phi) is 5.10. The molecule has 29 heavy (non-hydrogen) atoms. The van der Waals surface area contributed by atoms with Gasteiger partial charge in [-0.3, -0.25) is 4.90 Å². The summed E-state index contributed by atoms with van der Waals surface area (Å²) in [5.74, 6) is 0. The van der Waals surface area contributed by atoms with Gasteiger partial charge in [-0.25, -0.2) is 13.2 Å². The summed E-state index contributed by atoms with van der Waals surface area (Å²) >= 11 is 0. The third-order valence-electron chi connectivity index (χ3n) is 5.48. The van der Waals surface area contributed by atoms with Crippen molar-refractivity contribution in [2.75, 3.05) is 60.2 Å². The van der Waals surface area contributed by atoms with E-state index in [1.54, 1.807) is 0 Å². The fraction of sp³-hybridized carbons (Fsp3) is 0.350. The second-order valence-corrected chi connectivity index (χ2v) is 9.22. The average molecular weight is 417 g/mol. The molecule has 2 aromatic carbocycles. The largest absolute Gasteiger partial charge is 0.465 e. The lowest BCUT2D eigenvalue weighted by atomic mass is 10.1. The van der Waals surface area contributed by atoms with Crippen LogP contribution in [0.2, 0.25) is 0 Å². The van der Waals surface area contributed by atoms with Crippen molar-refractivity contribution in [2.45, 2.75) is 0 Å². The molecule has 0 atom stereocenters. The summed E-state index contributed by atoms with van der Waals surface area (Å²) < 4.78 is 24.9. The lowest BCUT2D eigenvalue weighted by molar-refractivity contribution is 0.201. The van der Waals surface area contributed by atoms with Crippen molar-refractivity contribution in [3.63, 3.8) is 0 Å². The molecule has 1 amide bonds. The molecule has 2 aromatic rings. The molecule has 1 saturated heterocycles. The molecule has 0 aromatic heterocycles. The Balaban J connectivity index is 1.52. The highest BCUT2D eigenvalue weighted by Crippen LogP contribution is 2.38. The van der Waals surface area contributed by atoms with Gasteiger partial charge in [0.15, 0.2) is 0 Å². The number of benzene rings is 2. The first-order valence-corrected chi connectivity index (χ1v) is 11.4. The van der Waals surface area contributed by atoms with E-state index >= 15 is 0 Å². The van der Waals surface area contributed by atoms with Crippen LogP contribution < -0.4 is 14.7 Å². The zero-order valence-corrected chi connectivity index (χ0v) is 17.0. The summed E-state index contributed by atoms with van der Waals surface area (Å²) in [5.41, 5.74) is 3.61. The number of piperazine rings is 1. The van der Waals surface area contributed by atoms with Crippen LogP contribution >= 0.6 is 0 Å². The summed E-state index contributed by atoms with van der Waals surface area (Å²) in [6.45, 7) is 3.28. The van der Waals surface area contributed by atoms with E-state index < -0.39 is 16.1 Å². The Morgan fingerprint density at radius 2 is 1.41 bits per heavy atom. The minimum Gasteiger partial charge on any atom is -0.465 e. The third-order valence-corrected chi connectivity index (χ3v) is 6.78. The molecule has 8 nitrogen and oxygen atoms in total. The van der Waals surface area contributed by atoms with E-state index in [0.717, 1.165) is 17.1 Å². The van der Waals surface area contributed by atoms with Gasteiger partial charge in [0.05, 0.1) is 17.6 Å². The highest BCUT2D eigenvalue weighted by molar-refractivity contribution is 7.88. The van der Waals surface area contributed by atoms with E-state index in [1.807, 2.05) is 48.5 Å². The number of hydrogen-bond donors (Lipinski definition) is 1. The Morgan fingerprint density at radius 1 is 0.828 bits per heavy atom. The van der Waals surface area contributed by atoms with E-state index in [2.05, 4.69) is 9.80 Å². The van der Waals surface area contributed by atoms with Gasteiger partial charge >= 0.3 is 6.09 Å². The number of fused-ring (bicyclic) bond motifs is 1. The number of nitrogens with zero attached hydrogens (tertiary/aromatic N) is 4. The first kappa shape index (κ1) is 19.5. The standard InChI is InChI=1S/C20H24N4O4S/c1-29(27,28)22-12-10-21(11-13-22)16-6-8-17(9-7-16)23-14-15-24(20(25)26)19-5-3-2-4-18(19)23/h2-9H,10-15H2,1H3,(H,25,26). The molecule has 0 spiro atoms. The molecule has 4 rings (SSSR count). The second kappa shape index (κ2) is 7.57. The number of rotatable bonds is 3. The molecular formula is C20H24N4O4S. The number of sulfonamides is 1. The van der Waals surface area contributed by atoms with Crippen molar-refractivity contribution in [2.24, 2.45) is 0 Å². The molecule has 2 aliphatic rings. The minimum atomic E-state index is -3.14. The van der Waals surface area contributed by atoms with Gasteiger partial charge in [0.25, 0.3) is 0 Å². The van der Waals surface area contributed by atoms with E-state index in [0.29, 0.717) is 45.0 Å². The van der Waals surface area contributed by atoms with Crippen molar-refractivity contribution in [1.29, 1.82) is 0 Å². The fourth-order valence-electron chi connectivity index (χ4n) is 3.95. The number of anilines is 4. The first-order chi connectivity index (χ1) is 13.8. The predicted molar refractivity (Wildman–Crippen MR) is 114 cm³/mol. The zero-order valence-electron chi connectivity index (χ0n) is 16.2. The summed E-state index contributed by atoms with van der Waals surface area (Å²) in [4.78, 5) is 17.2. The van der Waals surface area contributed by atoms with Crippen molar-refractivity contribution < 1.29 is 18.3 Å². The lowest BCUT2D eigenvalue weighted by Crippen LogP contribution is -2.48. The molecule has 0 saturated carbocycles. The summed E-state index contributed by atoms with van der Waals surface area (Å²) in [6.07, 6.45) is 0.306. The van der Waals surface area contributed by atoms with Gasteiger partial charge in [-0.05, 0) is 36.4 Å². The molecule has 154 valence electrons. The van der Waals surface area contributed by atoms with Crippen LogP contribution in [0.1, 0.15) is 0 Å². The number of amides is 1. The van der Waals surface area contributed by atoms with E-state index in [4.69, 9.17) is 0 Å². The van der Waals surface area contributed by atoms with Gasteiger partial charge in [0.2, 0.25) is 10.0 Å². The maximum atomic E-state index is 11.7. The van der Waals surface area contributed by atoms with Gasteiger partial charge in [-0.15, -0.1) is 0 Å². The van der Waals surface area contributed by atoms with E-state index in [-0.39, 0.29) is 0 Å².